The first-order chi connectivity index (χ1) is 50.6. The number of hydrogen-bond acceptors (Lipinski definition) is 40. The predicted molar refractivity (Wildman–Crippen MR) is 339 cm³/mol. The zero-order valence-electron chi connectivity index (χ0n) is 58.8. The van der Waals surface area contributed by atoms with Crippen molar-refractivity contribution in [3.63, 3.8) is 0 Å². The second-order valence-electron chi connectivity index (χ2n) is 19.8. The van der Waals surface area contributed by atoms with Crippen LogP contribution in [0.25, 0.3) is 0 Å². The number of methoxy groups -OCH3 is 15. The zero-order valence-corrected chi connectivity index (χ0v) is 58.8. The Hall–Kier alpha value is -13.2. The van der Waals surface area contributed by atoms with Crippen LogP contribution in [0.1, 0.15) is 64.6 Å². The maximum absolute atomic E-state index is 13.6. The van der Waals surface area contributed by atoms with Gasteiger partial charge in [-0.1, -0.05) is 0 Å². The number of hydrogen-bond donors (Lipinski definition) is 0. The molecule has 0 bridgehead atoms. The van der Waals surface area contributed by atoms with Crippen LogP contribution in [0.5, 0.6) is 86.2 Å². The van der Waals surface area contributed by atoms with Crippen LogP contribution in [0.4, 0.5) is 24.0 Å². The lowest BCUT2D eigenvalue weighted by Gasteiger charge is -2.32. The topological polar surface area (TPSA) is 448 Å². The summed E-state index contributed by atoms with van der Waals surface area (Å²) >= 11 is 0. The van der Waals surface area contributed by atoms with Crippen molar-refractivity contribution in [1.29, 1.82) is 0 Å². The van der Waals surface area contributed by atoms with Gasteiger partial charge < -0.3 is 94.7 Å². The van der Waals surface area contributed by atoms with Gasteiger partial charge in [-0.05, 0) is 73.5 Å². The molecule has 0 amide bonds. The molecule has 40 nitrogen and oxygen atoms in total. The summed E-state index contributed by atoms with van der Waals surface area (Å²) in [5.41, 5.74) is -1.77. The molecular formula is C65H72O40. The van der Waals surface area contributed by atoms with E-state index in [-0.39, 0.29) is 114 Å². The molecule has 40 heteroatoms. The van der Waals surface area contributed by atoms with E-state index in [1.165, 1.54) is 161 Å². The molecule has 0 N–H and O–H groups in total. The predicted octanol–water partition coefficient (Wildman–Crippen LogP) is 8.37. The van der Waals surface area contributed by atoms with Crippen LogP contribution in [0.3, 0.4) is 0 Å². The maximum Gasteiger partial charge on any atom is 0.549 e. The molecule has 0 fully saturated rings. The zero-order chi connectivity index (χ0) is 77.3. The van der Waals surface area contributed by atoms with Crippen molar-refractivity contribution in [2.45, 2.75) is 12.8 Å². The Balaban J connectivity index is 1.55. The molecule has 2 unspecified atom stereocenters. The van der Waals surface area contributed by atoms with Crippen LogP contribution in [0, 0.1) is 17.8 Å². The van der Waals surface area contributed by atoms with Crippen molar-refractivity contribution >= 4 is 60.6 Å². The molecule has 5 aromatic carbocycles. The van der Waals surface area contributed by atoms with Gasteiger partial charge in [0.1, 0.15) is 27.8 Å². The highest BCUT2D eigenvalue weighted by Gasteiger charge is 2.37. The second-order valence-corrected chi connectivity index (χ2v) is 19.8. The SMILES string of the molecule is COc1ccc(C(=O)OOC(=O)OCCC(COC(=O)OOC(=O)c2ccc(OC)c(OC)c2OC)C(COC(=O)OOC(=O)c2ccc(OC)c(OC)c2OC)C(CCOC(=O)OOC(=O)c2ccc(OC)c(OC)c2OC)COC(=O)OOC(=O)c2ccc(OC)c(OC)c2OC)c(OC)c1OC. The molecule has 0 heterocycles. The third-order valence-corrected chi connectivity index (χ3v) is 14.4. The van der Waals surface area contributed by atoms with E-state index in [1.54, 1.807) is 0 Å². The number of ether oxygens (including phenoxy) is 20. The lowest BCUT2D eigenvalue weighted by atomic mass is 9.79. The summed E-state index contributed by atoms with van der Waals surface area (Å²) in [5, 5.41) is 0. The fourth-order valence-electron chi connectivity index (χ4n) is 9.61. The highest BCUT2D eigenvalue weighted by Crippen LogP contribution is 2.45. The lowest BCUT2D eigenvalue weighted by molar-refractivity contribution is -0.210. The molecule has 0 saturated carbocycles. The molecule has 0 radical (unpaired) electrons. The van der Waals surface area contributed by atoms with E-state index in [9.17, 15) is 47.9 Å². The summed E-state index contributed by atoms with van der Waals surface area (Å²) < 4.78 is 106. The van der Waals surface area contributed by atoms with Crippen LogP contribution in [0.15, 0.2) is 60.7 Å². The van der Waals surface area contributed by atoms with Crippen molar-refractivity contribution in [3.8, 4) is 86.2 Å². The van der Waals surface area contributed by atoms with E-state index in [1.807, 2.05) is 0 Å². The monoisotopic (exact) mass is 1490 g/mol. The largest absolute Gasteiger partial charge is 0.549 e. The van der Waals surface area contributed by atoms with Gasteiger partial charge in [0.25, 0.3) is 0 Å². The first-order valence-electron chi connectivity index (χ1n) is 29.8. The van der Waals surface area contributed by atoms with Crippen LogP contribution >= 0.6 is 0 Å². The molecule has 0 spiro atoms. The van der Waals surface area contributed by atoms with E-state index in [4.69, 9.17) is 134 Å². The van der Waals surface area contributed by atoms with E-state index in [0.717, 1.165) is 6.07 Å². The molecule has 0 aliphatic carbocycles. The minimum absolute atomic E-state index is 0.0504. The van der Waals surface area contributed by atoms with Crippen LogP contribution < -0.4 is 71.1 Å². The molecule has 5 aromatic rings. The lowest BCUT2D eigenvalue weighted by Crippen LogP contribution is -2.37. The van der Waals surface area contributed by atoms with E-state index in [0.29, 0.717) is 0 Å². The Kier molecular flexibility index (Phi) is 32.6. The Morgan fingerprint density at radius 1 is 0.229 bits per heavy atom. The third kappa shape index (κ3) is 21.7. The van der Waals surface area contributed by atoms with Gasteiger partial charge in [-0.2, -0.15) is 24.0 Å². The molecule has 0 aliphatic heterocycles. The third-order valence-electron chi connectivity index (χ3n) is 14.4. The highest BCUT2D eigenvalue weighted by atomic mass is 17.3. The van der Waals surface area contributed by atoms with Gasteiger partial charge in [-0.3, -0.25) is 0 Å². The summed E-state index contributed by atoms with van der Waals surface area (Å²) in [6.45, 7) is -4.80. The normalized spacial score (nSPS) is 11.2. The summed E-state index contributed by atoms with van der Waals surface area (Å²) in [6, 6.07) is 12.4. The number of rotatable bonds is 34. The quantitative estimate of drug-likeness (QED) is 0.0161. The average molecular weight is 1490 g/mol. The van der Waals surface area contributed by atoms with Crippen molar-refractivity contribution in [2.24, 2.45) is 17.8 Å². The summed E-state index contributed by atoms with van der Waals surface area (Å²) in [5.74, 6) is -12.2. The minimum atomic E-state index is -1.80. The molecule has 0 saturated heterocycles. The fourth-order valence-corrected chi connectivity index (χ4v) is 9.61. The second kappa shape index (κ2) is 41.5. The summed E-state index contributed by atoms with van der Waals surface area (Å²) in [7, 11) is 18.6. The highest BCUT2D eigenvalue weighted by molar-refractivity contribution is 5.97. The number of carbonyl (C=O) groups is 10. The fraction of sp³-hybridized carbons (Fsp3) is 0.385. The van der Waals surface area contributed by atoms with Gasteiger partial charge in [-0.15, -0.1) is 0 Å². The van der Waals surface area contributed by atoms with Gasteiger partial charge in [0.05, 0.1) is 140 Å². The summed E-state index contributed by atoms with van der Waals surface area (Å²) in [6.07, 6.45) is -10.0. The Morgan fingerprint density at radius 3 is 0.610 bits per heavy atom. The molecule has 572 valence electrons. The smallest absolute Gasteiger partial charge is 0.493 e. The van der Waals surface area contributed by atoms with Gasteiger partial charge in [0, 0.05) is 17.8 Å². The first kappa shape index (κ1) is 82.5. The van der Waals surface area contributed by atoms with Crippen molar-refractivity contribution < 1.29 is 192 Å². The van der Waals surface area contributed by atoms with Crippen molar-refractivity contribution in [3.05, 3.63) is 88.5 Å². The van der Waals surface area contributed by atoms with Gasteiger partial charge in [0.15, 0.2) is 57.5 Å². The molecule has 0 aliphatic rings. The van der Waals surface area contributed by atoms with Crippen molar-refractivity contribution in [2.75, 3.05) is 140 Å². The Bertz CT molecular complexity index is 3650. The maximum atomic E-state index is 13.6. The Morgan fingerprint density at radius 2 is 0.419 bits per heavy atom. The standard InChI is InChI=1S/C65H72O40/c1-76-41-21-16-35(46(81-6)51(41)86-11)56(66)96-101-61(71)91-28-26-33(30-93-63(73)103-98-58(68)37-18-23-43(78-3)53(88-13)48(37)83-8)40(32-95-65(75)105-100-60(70)39-20-25-45(80-5)55(90-15)50(39)85-10)34(31-94-64(74)104-99-59(69)38-19-24-44(79-4)54(89-14)49(38)84-9)27-29-92-62(72)102-97-57(67)36-17-22-42(77-2)52(87-12)47(36)82-7/h16-25,33-34,40H,26-32H2,1-15H3. The number of benzene rings is 5. The van der Waals surface area contributed by atoms with Gasteiger partial charge >= 0.3 is 60.6 Å². The molecule has 5 rings (SSSR count). The Labute approximate surface area is 595 Å². The van der Waals surface area contributed by atoms with Crippen LogP contribution in [-0.2, 0) is 72.6 Å². The number of carbonyl (C=O) groups excluding carboxylic acids is 10. The van der Waals surface area contributed by atoms with Crippen LogP contribution in [-0.4, -0.2) is 200 Å². The molecule has 105 heavy (non-hydrogen) atoms. The van der Waals surface area contributed by atoms with Crippen molar-refractivity contribution in [1.82, 2.24) is 0 Å². The molecular weight excluding hydrogens is 1420 g/mol. The van der Waals surface area contributed by atoms with E-state index in [2.05, 4.69) is 9.78 Å². The average Bonchev–Trinajstić information content (AvgIpc) is 0.838. The van der Waals surface area contributed by atoms with Gasteiger partial charge in [-0.25, -0.2) is 72.8 Å². The molecule has 2 atom stereocenters. The summed E-state index contributed by atoms with van der Waals surface area (Å²) in [4.78, 5) is 181. The van der Waals surface area contributed by atoms with Gasteiger partial charge in [0.2, 0.25) is 28.7 Å². The molecule has 0 aromatic heterocycles. The van der Waals surface area contributed by atoms with E-state index >= 15 is 0 Å². The van der Waals surface area contributed by atoms with E-state index < -0.39 is 124 Å². The van der Waals surface area contributed by atoms with Crippen LogP contribution in [0.2, 0.25) is 0 Å². The first-order valence-corrected chi connectivity index (χ1v) is 29.8. The minimum Gasteiger partial charge on any atom is -0.493 e.